The van der Waals surface area contributed by atoms with Crippen LogP contribution in [0.5, 0.6) is 0 Å². The first kappa shape index (κ1) is 54.3. The molecule has 0 unspecified atom stereocenters. The smallest absolute Gasteiger partial charge is 0.239 e. The Morgan fingerprint density at radius 2 is 0.768 bits per heavy atom. The van der Waals surface area contributed by atoms with E-state index in [0.717, 1.165) is 32.1 Å². The van der Waals surface area contributed by atoms with Crippen LogP contribution in [-0.2, 0) is 14.4 Å². The number of hydrogen-bond donors (Lipinski definition) is 6. The summed E-state index contributed by atoms with van der Waals surface area (Å²) in [4.78, 5) is 38.2. The molecule has 0 aromatic carbocycles. The van der Waals surface area contributed by atoms with E-state index in [1.807, 2.05) is 0 Å². The van der Waals surface area contributed by atoms with Gasteiger partial charge in [-0.1, -0.05) is 206 Å². The van der Waals surface area contributed by atoms with Crippen molar-refractivity contribution in [3.63, 3.8) is 0 Å². The number of carbonyl (C=O) groups is 3. The summed E-state index contributed by atoms with van der Waals surface area (Å²) in [5, 5.41) is 11.8. The summed E-state index contributed by atoms with van der Waals surface area (Å²) in [5.74, 6) is -0.752. The molecular weight excluding hydrogens is 697 g/mol. The van der Waals surface area contributed by atoms with Crippen LogP contribution in [0.2, 0.25) is 0 Å². The molecule has 0 spiro atoms. The molecule has 9 nitrogen and oxygen atoms in total. The molecule has 0 radical (unpaired) electrons. The first-order valence-electron chi connectivity index (χ1n) is 24.5. The van der Waals surface area contributed by atoms with E-state index in [-0.39, 0.29) is 36.9 Å². The Kier molecular flexibility index (Phi) is 43.0. The third kappa shape index (κ3) is 39.1. The van der Waals surface area contributed by atoms with Crippen molar-refractivity contribution in [1.82, 2.24) is 21.3 Å². The Balaban J connectivity index is 4.45. The van der Waals surface area contributed by atoms with Crippen LogP contribution in [0.25, 0.3) is 0 Å². The van der Waals surface area contributed by atoms with Gasteiger partial charge in [0, 0.05) is 6.04 Å². The highest BCUT2D eigenvalue weighted by Gasteiger charge is 2.18. The summed E-state index contributed by atoms with van der Waals surface area (Å²) < 4.78 is 0. The van der Waals surface area contributed by atoms with E-state index in [0.29, 0.717) is 32.5 Å². The molecule has 332 valence electrons. The lowest BCUT2D eigenvalue weighted by Gasteiger charge is -2.20. The van der Waals surface area contributed by atoms with E-state index < -0.39 is 6.04 Å². The molecule has 0 saturated carbocycles. The van der Waals surface area contributed by atoms with E-state index in [2.05, 4.69) is 35.1 Å². The molecule has 8 N–H and O–H groups in total. The van der Waals surface area contributed by atoms with Gasteiger partial charge < -0.3 is 32.7 Å². The van der Waals surface area contributed by atoms with Gasteiger partial charge >= 0.3 is 0 Å². The summed E-state index contributed by atoms with van der Waals surface area (Å²) in [6.07, 6.45) is 44.5. The van der Waals surface area contributed by atoms with Crippen LogP contribution >= 0.6 is 0 Å². The minimum Gasteiger partial charge on any atom is -0.352 e. The number of carbonyl (C=O) groups excluding carboxylic acids is 3. The highest BCUT2D eigenvalue weighted by atomic mass is 16.2. The minimum atomic E-state index is -0.415. The first-order valence-corrected chi connectivity index (χ1v) is 24.5. The molecule has 56 heavy (non-hydrogen) atoms. The van der Waals surface area contributed by atoms with Crippen molar-refractivity contribution in [3.05, 3.63) is 0 Å². The van der Waals surface area contributed by atoms with E-state index in [4.69, 9.17) is 11.5 Å². The van der Waals surface area contributed by atoms with Gasteiger partial charge in [0.2, 0.25) is 17.7 Å². The molecule has 0 aliphatic heterocycles. The van der Waals surface area contributed by atoms with Gasteiger partial charge in [-0.2, -0.15) is 0 Å². The van der Waals surface area contributed by atoms with E-state index in [9.17, 15) is 14.4 Å². The lowest BCUT2D eigenvalue weighted by Crippen LogP contribution is -2.49. The zero-order valence-electron chi connectivity index (χ0n) is 37.3. The van der Waals surface area contributed by atoms with Crippen molar-refractivity contribution in [2.24, 2.45) is 11.5 Å². The Hall–Kier alpha value is -1.71. The van der Waals surface area contributed by atoms with Gasteiger partial charge in [-0.3, -0.25) is 14.4 Å². The predicted octanol–water partition coefficient (Wildman–Crippen LogP) is 10.3. The number of unbranched alkanes of at least 4 members (excludes halogenated alkanes) is 28. The minimum absolute atomic E-state index is 0.0751. The number of rotatable bonds is 45. The molecule has 0 saturated heterocycles. The normalized spacial score (nSPS) is 11.9. The molecule has 0 bridgehead atoms. The third-order valence-corrected chi connectivity index (χ3v) is 11.3. The standard InChI is InChI=1S/C47H96N6O3/c1-3-5-7-9-11-13-15-17-19-21-23-25-27-29-31-35-43(36-32-30-28-26-24-22-20-18-16-14-12-10-8-6-4-2)53-46(55)42-51-45(54)41-52-47(56)44(37-33-38-48)50-40-34-39-49/h43-44,50H,3-42,48-49H2,1-2H3,(H,51,54)(H,52,56)(H,53,55)/t44-/m0/s1. The summed E-state index contributed by atoms with van der Waals surface area (Å²) >= 11 is 0. The fourth-order valence-electron chi connectivity index (χ4n) is 7.65. The third-order valence-electron chi connectivity index (χ3n) is 11.3. The van der Waals surface area contributed by atoms with Gasteiger partial charge in [0.25, 0.3) is 0 Å². The van der Waals surface area contributed by atoms with Crippen LogP contribution in [0, 0.1) is 0 Å². The fraction of sp³-hybridized carbons (Fsp3) is 0.936. The predicted molar refractivity (Wildman–Crippen MR) is 241 cm³/mol. The van der Waals surface area contributed by atoms with Crippen molar-refractivity contribution in [2.45, 2.75) is 251 Å². The van der Waals surface area contributed by atoms with Crippen LogP contribution in [-0.4, -0.2) is 62.5 Å². The van der Waals surface area contributed by atoms with Crippen molar-refractivity contribution >= 4 is 17.7 Å². The maximum Gasteiger partial charge on any atom is 0.239 e. The second-order valence-corrected chi connectivity index (χ2v) is 16.8. The zero-order valence-corrected chi connectivity index (χ0v) is 37.3. The molecule has 0 rings (SSSR count). The average molecular weight is 793 g/mol. The molecule has 3 amide bonds. The van der Waals surface area contributed by atoms with Crippen molar-refractivity contribution in [2.75, 3.05) is 32.7 Å². The molecule has 0 heterocycles. The summed E-state index contributed by atoms with van der Waals surface area (Å²) in [6, 6.07) is -0.271. The first-order chi connectivity index (χ1) is 27.5. The SMILES string of the molecule is CCCCCCCCCCCCCCCCCC(CCCCCCCCCCCCCCCCC)NC(=O)CNC(=O)CNC(=O)[C@H](CCCN)NCCCN. The molecule has 0 fully saturated rings. The van der Waals surface area contributed by atoms with E-state index in [1.165, 1.54) is 180 Å². The van der Waals surface area contributed by atoms with Crippen molar-refractivity contribution in [3.8, 4) is 0 Å². The van der Waals surface area contributed by atoms with Gasteiger partial charge in [-0.25, -0.2) is 0 Å². The Morgan fingerprint density at radius 3 is 1.14 bits per heavy atom. The number of amides is 3. The fourth-order valence-corrected chi connectivity index (χ4v) is 7.65. The second kappa shape index (κ2) is 44.4. The molecule has 9 heteroatoms. The topological polar surface area (TPSA) is 151 Å². The van der Waals surface area contributed by atoms with Gasteiger partial charge in [0.1, 0.15) is 0 Å². The summed E-state index contributed by atoms with van der Waals surface area (Å²) in [7, 11) is 0. The maximum atomic E-state index is 12.9. The van der Waals surface area contributed by atoms with Gasteiger partial charge in [-0.15, -0.1) is 0 Å². The largest absolute Gasteiger partial charge is 0.352 e. The van der Waals surface area contributed by atoms with Gasteiger partial charge in [-0.05, 0) is 51.7 Å². The zero-order chi connectivity index (χ0) is 41.0. The lowest BCUT2D eigenvalue weighted by molar-refractivity contribution is -0.128. The lowest BCUT2D eigenvalue weighted by atomic mass is 9.99. The quantitative estimate of drug-likeness (QED) is 0.0338. The van der Waals surface area contributed by atoms with Gasteiger partial charge in [0.15, 0.2) is 0 Å². The van der Waals surface area contributed by atoms with Crippen molar-refractivity contribution in [1.29, 1.82) is 0 Å². The Morgan fingerprint density at radius 1 is 0.411 bits per heavy atom. The van der Waals surface area contributed by atoms with E-state index >= 15 is 0 Å². The highest BCUT2D eigenvalue weighted by Crippen LogP contribution is 2.17. The monoisotopic (exact) mass is 793 g/mol. The molecular formula is C47H96N6O3. The van der Waals surface area contributed by atoms with Crippen molar-refractivity contribution < 1.29 is 14.4 Å². The van der Waals surface area contributed by atoms with Crippen LogP contribution in [0.3, 0.4) is 0 Å². The number of nitrogens with two attached hydrogens (primary N) is 2. The van der Waals surface area contributed by atoms with Crippen LogP contribution in [0.4, 0.5) is 0 Å². The number of hydrogen-bond acceptors (Lipinski definition) is 6. The molecule has 1 atom stereocenters. The highest BCUT2D eigenvalue weighted by molar-refractivity contribution is 5.89. The van der Waals surface area contributed by atoms with Gasteiger partial charge in [0.05, 0.1) is 19.1 Å². The molecule has 0 aliphatic rings. The van der Waals surface area contributed by atoms with Crippen LogP contribution in [0.15, 0.2) is 0 Å². The Labute approximate surface area is 347 Å². The average Bonchev–Trinajstić information content (AvgIpc) is 3.20. The summed E-state index contributed by atoms with van der Waals surface area (Å²) in [5.41, 5.74) is 11.2. The molecule has 0 aromatic heterocycles. The van der Waals surface area contributed by atoms with E-state index in [1.54, 1.807) is 0 Å². The van der Waals surface area contributed by atoms with Crippen LogP contribution in [0.1, 0.15) is 239 Å². The van der Waals surface area contributed by atoms with Crippen LogP contribution < -0.4 is 32.7 Å². The molecule has 0 aliphatic carbocycles. The Bertz CT molecular complexity index is 826. The molecule has 0 aromatic rings. The maximum absolute atomic E-state index is 12.9. The number of nitrogens with one attached hydrogen (secondary N) is 4. The summed E-state index contributed by atoms with van der Waals surface area (Å²) in [6.45, 7) is 6.00. The second-order valence-electron chi connectivity index (χ2n) is 16.8.